The summed E-state index contributed by atoms with van der Waals surface area (Å²) in [7, 11) is 0. The molecule has 6 nitrogen and oxygen atoms in total. The molecule has 0 saturated carbocycles. The largest absolute Gasteiger partial charge is 0.382 e. The van der Waals surface area contributed by atoms with E-state index in [0.29, 0.717) is 22.9 Å². The number of benzene rings is 1. The summed E-state index contributed by atoms with van der Waals surface area (Å²) in [5, 5.41) is 18.5. The number of anilines is 1. The molecule has 0 bridgehead atoms. The van der Waals surface area contributed by atoms with E-state index in [-0.39, 0.29) is 0 Å². The monoisotopic (exact) mass is 418 g/mol. The normalized spacial score (nSPS) is 11.8. The Balaban J connectivity index is 1.98. The van der Waals surface area contributed by atoms with Crippen LogP contribution in [-0.4, -0.2) is 19.6 Å². The number of aromatic nitrogens is 4. The molecule has 7 heteroatoms. The van der Waals surface area contributed by atoms with E-state index in [1.165, 1.54) is 0 Å². The summed E-state index contributed by atoms with van der Waals surface area (Å²) in [4.78, 5) is 0. The van der Waals surface area contributed by atoms with Gasteiger partial charge in [0.25, 0.3) is 0 Å². The molecular formula is C23H23ClN6. The van der Waals surface area contributed by atoms with Crippen molar-refractivity contribution in [3.05, 3.63) is 82.8 Å². The van der Waals surface area contributed by atoms with Crippen LogP contribution in [0.15, 0.2) is 55.3 Å². The average molecular weight is 419 g/mol. The second-order valence-corrected chi connectivity index (χ2v) is 7.21. The highest BCUT2D eigenvalue weighted by atomic mass is 35.5. The molecule has 30 heavy (non-hydrogen) atoms. The third-order valence-electron chi connectivity index (χ3n) is 4.91. The second-order valence-electron chi connectivity index (χ2n) is 6.80. The lowest BCUT2D eigenvalue weighted by molar-refractivity contribution is 0.665. The minimum atomic E-state index is 0.393. The third-order valence-corrected chi connectivity index (χ3v) is 5.23. The lowest BCUT2D eigenvalue weighted by Crippen LogP contribution is -2.06. The highest BCUT2D eigenvalue weighted by Crippen LogP contribution is 2.32. The van der Waals surface area contributed by atoms with Crippen molar-refractivity contribution in [1.29, 1.82) is 5.26 Å². The molecule has 0 saturated heterocycles. The maximum absolute atomic E-state index is 9.09. The molecule has 2 aromatic heterocycles. The van der Waals surface area contributed by atoms with Crippen molar-refractivity contribution < 1.29 is 0 Å². The Morgan fingerprint density at radius 2 is 2.10 bits per heavy atom. The van der Waals surface area contributed by atoms with E-state index < -0.39 is 0 Å². The first kappa shape index (κ1) is 21.2. The van der Waals surface area contributed by atoms with Crippen LogP contribution in [0.3, 0.4) is 0 Å². The van der Waals surface area contributed by atoms with E-state index in [1.54, 1.807) is 18.2 Å². The lowest BCUT2D eigenvalue weighted by Gasteiger charge is -2.08. The van der Waals surface area contributed by atoms with Gasteiger partial charge in [-0.05, 0) is 50.6 Å². The Morgan fingerprint density at radius 3 is 2.73 bits per heavy atom. The molecule has 0 fully saturated rings. The van der Waals surface area contributed by atoms with Gasteiger partial charge in [0, 0.05) is 22.5 Å². The summed E-state index contributed by atoms with van der Waals surface area (Å²) in [6.45, 7) is 10.3. The highest BCUT2D eigenvalue weighted by Gasteiger charge is 2.17. The van der Waals surface area contributed by atoms with Crippen LogP contribution in [0.4, 0.5) is 5.82 Å². The van der Waals surface area contributed by atoms with Gasteiger partial charge in [-0.15, -0.1) is 0 Å². The molecular weight excluding hydrogens is 396 g/mol. The van der Waals surface area contributed by atoms with E-state index >= 15 is 0 Å². The number of hydrogen-bond acceptors (Lipinski definition) is 4. The fraction of sp³-hybridized carbons (Fsp3) is 0.174. The van der Waals surface area contributed by atoms with Crippen molar-refractivity contribution in [2.24, 2.45) is 0 Å². The predicted molar refractivity (Wildman–Crippen MR) is 122 cm³/mol. The summed E-state index contributed by atoms with van der Waals surface area (Å²) in [5.41, 5.74) is 12.2. The number of halogens is 1. The van der Waals surface area contributed by atoms with Crippen LogP contribution in [-0.2, 0) is 6.54 Å². The SMILES string of the molecule is C=C/C=C(\C=C/C)n1ncc(Cn2nc(N)c(-c3ccc(C#N)c(Cl)c3)c2C)c1C. The van der Waals surface area contributed by atoms with Crippen LogP contribution in [0, 0.1) is 25.2 Å². The minimum absolute atomic E-state index is 0.393. The standard InChI is InChI=1S/C23H23ClN6/c1-5-7-20(8-6-2)30-15(3)19(13-27-30)14-29-16(4)22(23(26)28-29)17-9-10-18(12-25)21(24)11-17/h5-11,13H,1,14H2,2-4H3,(H2,26,28)/b8-6-,20-7+. The van der Waals surface area contributed by atoms with Gasteiger partial charge in [-0.2, -0.15) is 15.5 Å². The molecule has 0 aliphatic carbocycles. The molecule has 0 aliphatic rings. The minimum Gasteiger partial charge on any atom is -0.382 e. The fourth-order valence-electron chi connectivity index (χ4n) is 3.35. The molecule has 3 rings (SSSR count). The molecule has 0 amide bonds. The van der Waals surface area contributed by atoms with E-state index in [2.05, 4.69) is 22.8 Å². The molecule has 0 atom stereocenters. The number of rotatable bonds is 6. The van der Waals surface area contributed by atoms with E-state index in [9.17, 15) is 0 Å². The molecule has 1 aromatic carbocycles. The molecule has 0 unspecified atom stereocenters. The Hall–Kier alpha value is -3.56. The maximum Gasteiger partial charge on any atom is 0.153 e. The Kier molecular flexibility index (Phi) is 6.24. The zero-order valence-corrected chi connectivity index (χ0v) is 18.0. The summed E-state index contributed by atoms with van der Waals surface area (Å²) in [6, 6.07) is 7.34. The second kappa shape index (κ2) is 8.85. The molecule has 0 radical (unpaired) electrons. The highest BCUT2D eigenvalue weighted by molar-refractivity contribution is 6.32. The third kappa shape index (κ3) is 3.93. The van der Waals surface area contributed by atoms with Gasteiger partial charge in [0.15, 0.2) is 5.82 Å². The van der Waals surface area contributed by atoms with Gasteiger partial charge in [0.2, 0.25) is 0 Å². The van der Waals surface area contributed by atoms with Gasteiger partial charge in [0.05, 0.1) is 29.0 Å². The average Bonchev–Trinajstić information content (AvgIpc) is 3.21. The topological polar surface area (TPSA) is 85.4 Å². The first-order valence-corrected chi connectivity index (χ1v) is 9.81. The van der Waals surface area contributed by atoms with Gasteiger partial charge < -0.3 is 5.73 Å². The van der Waals surface area contributed by atoms with Gasteiger partial charge in [-0.25, -0.2) is 4.68 Å². The van der Waals surface area contributed by atoms with Gasteiger partial charge in [0.1, 0.15) is 6.07 Å². The van der Waals surface area contributed by atoms with Gasteiger partial charge in [-0.3, -0.25) is 4.68 Å². The van der Waals surface area contributed by atoms with E-state index in [1.807, 2.05) is 60.6 Å². The molecule has 2 heterocycles. The van der Waals surface area contributed by atoms with Crippen molar-refractivity contribution in [2.75, 3.05) is 5.73 Å². The zero-order chi connectivity index (χ0) is 21.8. The number of hydrogen-bond donors (Lipinski definition) is 1. The molecule has 0 aliphatic heterocycles. The van der Waals surface area contributed by atoms with Gasteiger partial charge in [-0.1, -0.05) is 36.4 Å². The lowest BCUT2D eigenvalue weighted by atomic mass is 10.0. The number of allylic oxidation sites excluding steroid dienone is 5. The molecule has 0 spiro atoms. The molecule has 152 valence electrons. The Labute approximate surface area is 181 Å². The van der Waals surface area contributed by atoms with Crippen molar-refractivity contribution in [3.63, 3.8) is 0 Å². The Bertz CT molecular complexity index is 1200. The van der Waals surface area contributed by atoms with Crippen LogP contribution in [0.2, 0.25) is 5.02 Å². The first-order chi connectivity index (χ1) is 14.4. The van der Waals surface area contributed by atoms with Crippen LogP contribution in [0.5, 0.6) is 0 Å². The predicted octanol–water partition coefficient (Wildman–Crippen LogP) is 5.12. The molecule has 2 N–H and O–H groups in total. The zero-order valence-electron chi connectivity index (χ0n) is 17.2. The van der Waals surface area contributed by atoms with E-state index in [4.69, 9.17) is 22.6 Å². The number of nitriles is 1. The smallest absolute Gasteiger partial charge is 0.153 e. The van der Waals surface area contributed by atoms with E-state index in [0.717, 1.165) is 33.8 Å². The van der Waals surface area contributed by atoms with Crippen LogP contribution < -0.4 is 5.73 Å². The van der Waals surface area contributed by atoms with Crippen LogP contribution >= 0.6 is 11.6 Å². The quantitative estimate of drug-likeness (QED) is 0.563. The summed E-state index contributed by atoms with van der Waals surface area (Å²) in [5.74, 6) is 0.416. The fourth-order valence-corrected chi connectivity index (χ4v) is 3.57. The maximum atomic E-state index is 9.09. The van der Waals surface area contributed by atoms with Crippen molar-refractivity contribution >= 4 is 23.1 Å². The van der Waals surface area contributed by atoms with Crippen molar-refractivity contribution in [1.82, 2.24) is 19.6 Å². The summed E-state index contributed by atoms with van der Waals surface area (Å²) >= 11 is 6.21. The number of nitrogens with zero attached hydrogens (tertiary/aromatic N) is 5. The molecule has 3 aromatic rings. The van der Waals surface area contributed by atoms with Gasteiger partial charge >= 0.3 is 0 Å². The summed E-state index contributed by atoms with van der Waals surface area (Å²) < 4.78 is 3.73. The van der Waals surface area contributed by atoms with Crippen molar-refractivity contribution in [3.8, 4) is 17.2 Å². The number of nitrogens with two attached hydrogens (primary N) is 1. The van der Waals surface area contributed by atoms with Crippen LogP contribution in [0.25, 0.3) is 16.8 Å². The van der Waals surface area contributed by atoms with Crippen LogP contribution in [0.1, 0.15) is 29.4 Å². The first-order valence-electron chi connectivity index (χ1n) is 9.43. The summed E-state index contributed by atoms with van der Waals surface area (Å²) in [6.07, 6.45) is 9.43. The Morgan fingerprint density at radius 1 is 1.33 bits per heavy atom. The van der Waals surface area contributed by atoms with Crippen molar-refractivity contribution in [2.45, 2.75) is 27.3 Å². The number of nitrogen functional groups attached to an aromatic ring is 1.